The van der Waals surface area contributed by atoms with E-state index in [0.29, 0.717) is 6.61 Å². The van der Waals surface area contributed by atoms with E-state index in [4.69, 9.17) is 13.6 Å². The van der Waals surface area contributed by atoms with Gasteiger partial charge in [-0.3, -0.25) is 0 Å². The molecule has 0 atom stereocenters. The number of hydrogen-bond acceptors (Lipinski definition) is 3. The number of rotatable bonds is 13. The van der Waals surface area contributed by atoms with Crippen LogP contribution in [0.25, 0.3) is 0 Å². The standard InChI is InChI=1S/C27H43BrO3Si2/c1-9-32(10-2,11-3)30-25-18-23(20-29-27-21(7)16-15-17-22(27)8)24(28)19-26(25)31-33(12-4,13-5)14-6/h15-19H,9-14,20H2,1-8H3. The van der Waals surface area contributed by atoms with Gasteiger partial charge in [0, 0.05) is 10.0 Å². The first kappa shape index (κ1) is 28.0. The summed E-state index contributed by atoms with van der Waals surface area (Å²) in [6.07, 6.45) is 0. The van der Waals surface area contributed by atoms with Crippen LogP contribution in [0.5, 0.6) is 17.2 Å². The molecule has 2 aromatic rings. The number of hydrogen-bond donors (Lipinski definition) is 0. The number of halogens is 1. The lowest BCUT2D eigenvalue weighted by atomic mass is 10.1. The van der Waals surface area contributed by atoms with Crippen LogP contribution in [0, 0.1) is 13.8 Å². The maximum Gasteiger partial charge on any atom is 0.250 e. The van der Waals surface area contributed by atoms with Gasteiger partial charge in [0.1, 0.15) is 23.9 Å². The first-order valence-electron chi connectivity index (χ1n) is 12.6. The van der Waals surface area contributed by atoms with Crippen LogP contribution in [0.3, 0.4) is 0 Å². The number of ether oxygens (including phenoxy) is 1. The monoisotopic (exact) mass is 550 g/mol. The van der Waals surface area contributed by atoms with E-state index >= 15 is 0 Å². The summed E-state index contributed by atoms with van der Waals surface area (Å²) in [6, 6.07) is 17.2. The molecule has 0 radical (unpaired) electrons. The molecule has 0 saturated heterocycles. The van der Waals surface area contributed by atoms with E-state index in [2.05, 4.69) is 102 Å². The van der Waals surface area contributed by atoms with Crippen molar-refractivity contribution in [1.82, 2.24) is 0 Å². The predicted molar refractivity (Wildman–Crippen MR) is 150 cm³/mol. The molecule has 0 aliphatic carbocycles. The molecule has 0 N–H and O–H groups in total. The van der Waals surface area contributed by atoms with Crippen LogP contribution >= 0.6 is 15.9 Å². The highest BCUT2D eigenvalue weighted by molar-refractivity contribution is 9.10. The van der Waals surface area contributed by atoms with Crippen molar-refractivity contribution in [3.63, 3.8) is 0 Å². The Balaban J connectivity index is 2.49. The molecule has 0 aliphatic rings. The molecule has 0 spiro atoms. The molecule has 0 heterocycles. The van der Waals surface area contributed by atoms with E-state index in [0.717, 1.165) is 74.7 Å². The SMILES string of the molecule is CC[Si](CC)(CC)Oc1cc(Br)c(COc2c(C)cccc2C)cc1O[Si](CC)(CC)CC. The predicted octanol–water partition coefficient (Wildman–Crippen LogP) is 9.41. The van der Waals surface area contributed by atoms with E-state index in [1.165, 1.54) is 0 Å². The Bertz CT molecular complexity index is 872. The molecule has 0 unspecified atom stereocenters. The van der Waals surface area contributed by atoms with Gasteiger partial charge in [0.25, 0.3) is 16.6 Å². The molecule has 2 aromatic carbocycles. The van der Waals surface area contributed by atoms with Gasteiger partial charge in [-0.15, -0.1) is 0 Å². The molecule has 0 amide bonds. The summed E-state index contributed by atoms with van der Waals surface area (Å²) in [6.45, 7) is 18.3. The fraction of sp³-hybridized carbons (Fsp3) is 0.556. The first-order valence-corrected chi connectivity index (χ1v) is 18.5. The molecule has 2 rings (SSSR count). The van der Waals surface area contributed by atoms with E-state index in [-0.39, 0.29) is 0 Å². The second-order valence-corrected chi connectivity index (χ2v) is 19.3. The molecule has 6 heteroatoms. The summed E-state index contributed by atoms with van der Waals surface area (Å²) >= 11 is 3.81. The Hall–Kier alpha value is -1.25. The van der Waals surface area contributed by atoms with Gasteiger partial charge in [0.15, 0.2) is 0 Å². The second kappa shape index (κ2) is 12.5. The van der Waals surface area contributed by atoms with Gasteiger partial charge in [-0.05, 0) is 73.4 Å². The van der Waals surface area contributed by atoms with Crippen molar-refractivity contribution in [2.24, 2.45) is 0 Å². The summed E-state index contributed by atoms with van der Waals surface area (Å²) in [4.78, 5) is 0. The van der Waals surface area contributed by atoms with Gasteiger partial charge in [-0.25, -0.2) is 0 Å². The summed E-state index contributed by atoms with van der Waals surface area (Å²) in [5.74, 6) is 2.77. The van der Waals surface area contributed by atoms with Crippen molar-refractivity contribution in [3.05, 3.63) is 51.5 Å². The van der Waals surface area contributed by atoms with E-state index < -0.39 is 16.6 Å². The van der Waals surface area contributed by atoms with Crippen LogP contribution < -0.4 is 13.6 Å². The third-order valence-corrected chi connectivity index (χ3v) is 17.2. The van der Waals surface area contributed by atoms with Gasteiger partial charge in [-0.1, -0.05) is 75.7 Å². The van der Waals surface area contributed by atoms with Gasteiger partial charge in [0.2, 0.25) is 0 Å². The molecule has 0 bridgehead atoms. The van der Waals surface area contributed by atoms with Crippen molar-refractivity contribution >= 4 is 32.6 Å². The Kier molecular flexibility index (Phi) is 10.6. The normalized spacial score (nSPS) is 12.0. The van der Waals surface area contributed by atoms with Gasteiger partial charge < -0.3 is 13.6 Å². The lowest BCUT2D eigenvalue weighted by Crippen LogP contribution is -2.41. The maximum absolute atomic E-state index is 6.92. The van der Waals surface area contributed by atoms with Crippen molar-refractivity contribution < 1.29 is 13.6 Å². The summed E-state index contributed by atoms with van der Waals surface area (Å²) in [5.41, 5.74) is 3.39. The lowest BCUT2D eigenvalue weighted by Gasteiger charge is -2.34. The zero-order valence-corrected chi connectivity index (χ0v) is 25.5. The maximum atomic E-state index is 6.92. The molecule has 184 valence electrons. The molecular formula is C27H43BrO3Si2. The highest BCUT2D eigenvalue weighted by Crippen LogP contribution is 2.40. The fourth-order valence-corrected chi connectivity index (χ4v) is 9.98. The minimum atomic E-state index is -1.86. The smallest absolute Gasteiger partial charge is 0.250 e. The van der Waals surface area contributed by atoms with Crippen molar-refractivity contribution in [1.29, 1.82) is 0 Å². The lowest BCUT2D eigenvalue weighted by molar-refractivity contribution is 0.300. The molecule has 0 aromatic heterocycles. The summed E-state index contributed by atoms with van der Waals surface area (Å²) in [7, 11) is -3.70. The Morgan fingerprint density at radius 2 is 1.12 bits per heavy atom. The Labute approximate surface area is 212 Å². The van der Waals surface area contributed by atoms with Crippen LogP contribution in [-0.4, -0.2) is 16.6 Å². The number of para-hydroxylation sites is 1. The van der Waals surface area contributed by atoms with Crippen molar-refractivity contribution in [2.45, 2.75) is 98.3 Å². The fourth-order valence-electron chi connectivity index (χ4n) is 4.42. The van der Waals surface area contributed by atoms with Crippen LogP contribution in [0.15, 0.2) is 34.8 Å². The average molecular weight is 552 g/mol. The van der Waals surface area contributed by atoms with Gasteiger partial charge >= 0.3 is 0 Å². The van der Waals surface area contributed by atoms with E-state index in [1.54, 1.807) is 0 Å². The molecule has 0 fully saturated rings. The average Bonchev–Trinajstić information content (AvgIpc) is 2.83. The van der Waals surface area contributed by atoms with E-state index in [9.17, 15) is 0 Å². The van der Waals surface area contributed by atoms with Crippen LogP contribution in [-0.2, 0) is 6.61 Å². The highest BCUT2D eigenvalue weighted by atomic mass is 79.9. The minimum absolute atomic E-state index is 0.486. The topological polar surface area (TPSA) is 27.7 Å². The largest absolute Gasteiger partial charge is 0.541 e. The summed E-state index contributed by atoms with van der Waals surface area (Å²) < 4.78 is 21.1. The van der Waals surface area contributed by atoms with Crippen LogP contribution in [0.1, 0.15) is 58.2 Å². The molecule has 0 aliphatic heterocycles. The molecule has 0 saturated carbocycles. The molecular weight excluding hydrogens is 508 g/mol. The third-order valence-electron chi connectivity index (χ3n) is 7.41. The first-order chi connectivity index (χ1) is 15.7. The summed E-state index contributed by atoms with van der Waals surface area (Å²) in [5, 5.41) is 0. The quantitative estimate of drug-likeness (QED) is 0.232. The molecule has 3 nitrogen and oxygen atoms in total. The van der Waals surface area contributed by atoms with Crippen LogP contribution in [0.2, 0.25) is 36.3 Å². The second-order valence-electron chi connectivity index (χ2n) is 9.09. The zero-order chi connectivity index (χ0) is 24.6. The van der Waals surface area contributed by atoms with Crippen LogP contribution in [0.4, 0.5) is 0 Å². The van der Waals surface area contributed by atoms with Crippen molar-refractivity contribution in [2.75, 3.05) is 0 Å². The Morgan fingerprint density at radius 1 is 0.697 bits per heavy atom. The highest BCUT2D eigenvalue weighted by Gasteiger charge is 2.35. The van der Waals surface area contributed by atoms with Gasteiger partial charge in [-0.2, -0.15) is 0 Å². The number of aryl methyl sites for hydroxylation is 2. The van der Waals surface area contributed by atoms with E-state index in [1.807, 2.05) is 0 Å². The van der Waals surface area contributed by atoms with Crippen molar-refractivity contribution in [3.8, 4) is 17.2 Å². The third kappa shape index (κ3) is 6.67. The zero-order valence-electron chi connectivity index (χ0n) is 21.9. The Morgan fingerprint density at radius 3 is 1.55 bits per heavy atom. The van der Waals surface area contributed by atoms with Gasteiger partial charge in [0.05, 0.1) is 0 Å². The molecule has 33 heavy (non-hydrogen) atoms. The minimum Gasteiger partial charge on any atom is -0.541 e. The number of benzene rings is 2.